The normalized spacial score (nSPS) is 28.4. The Morgan fingerprint density at radius 3 is 3.00 bits per heavy atom. The number of halogens is 1. The summed E-state index contributed by atoms with van der Waals surface area (Å²) in [4.78, 5) is 2.54. The Hall–Kier alpha value is -0.580. The van der Waals surface area contributed by atoms with Gasteiger partial charge in [-0.15, -0.1) is 0 Å². The van der Waals surface area contributed by atoms with Gasteiger partial charge in [0.15, 0.2) is 0 Å². The van der Waals surface area contributed by atoms with Crippen LogP contribution in [0.25, 0.3) is 0 Å². The molecule has 2 aliphatic rings. The summed E-state index contributed by atoms with van der Waals surface area (Å²) in [6.07, 6.45) is 3.95. The minimum Gasteiger partial charge on any atom is -0.314 e. The molecule has 0 amide bonds. The Bertz CT molecular complexity index is 457. The molecule has 106 valence electrons. The number of aryl methyl sites for hydroxylation is 2. The van der Waals surface area contributed by atoms with E-state index in [4.69, 9.17) is 11.6 Å². The number of hydrogen-bond acceptors (Lipinski definition) is 3. The molecule has 0 spiro atoms. The molecule has 0 bridgehead atoms. The monoisotopic (exact) mass is 282 g/mol. The Balaban J connectivity index is 1.67. The molecular weight excluding hydrogens is 260 g/mol. The van der Waals surface area contributed by atoms with Gasteiger partial charge in [0.05, 0.1) is 16.4 Å². The molecule has 4 nitrogen and oxygen atoms in total. The van der Waals surface area contributed by atoms with Gasteiger partial charge in [0.2, 0.25) is 0 Å². The molecule has 2 saturated heterocycles. The second-order valence-corrected chi connectivity index (χ2v) is 6.33. The van der Waals surface area contributed by atoms with Crippen molar-refractivity contribution in [1.29, 1.82) is 0 Å². The number of nitrogens with one attached hydrogen (secondary N) is 1. The van der Waals surface area contributed by atoms with Gasteiger partial charge in [0.25, 0.3) is 0 Å². The minimum absolute atomic E-state index is 0.744. The third-order valence-corrected chi connectivity index (χ3v) is 5.10. The first-order valence-corrected chi connectivity index (χ1v) is 7.66. The molecule has 0 saturated carbocycles. The molecule has 0 radical (unpaired) electrons. The van der Waals surface area contributed by atoms with Gasteiger partial charge in [-0.2, -0.15) is 5.10 Å². The van der Waals surface area contributed by atoms with Gasteiger partial charge in [-0.05, 0) is 38.6 Å². The average Bonchev–Trinajstić information content (AvgIpc) is 2.65. The lowest BCUT2D eigenvalue weighted by atomic mass is 9.85. The van der Waals surface area contributed by atoms with E-state index in [1.807, 2.05) is 18.7 Å². The second-order valence-electron chi connectivity index (χ2n) is 5.96. The second kappa shape index (κ2) is 5.43. The van der Waals surface area contributed by atoms with E-state index in [2.05, 4.69) is 15.3 Å². The molecule has 5 heteroatoms. The molecular formula is C14H23ClN4. The van der Waals surface area contributed by atoms with E-state index in [9.17, 15) is 0 Å². The lowest BCUT2D eigenvalue weighted by molar-refractivity contribution is 0.107. The third kappa shape index (κ3) is 2.67. The maximum Gasteiger partial charge on any atom is 0.0860 e. The lowest BCUT2D eigenvalue weighted by Crippen LogP contribution is -2.51. The largest absolute Gasteiger partial charge is 0.314 e. The zero-order valence-corrected chi connectivity index (χ0v) is 12.6. The zero-order chi connectivity index (χ0) is 13.4. The lowest BCUT2D eigenvalue weighted by Gasteiger charge is -2.41. The van der Waals surface area contributed by atoms with Crippen molar-refractivity contribution in [3.63, 3.8) is 0 Å². The van der Waals surface area contributed by atoms with Gasteiger partial charge in [-0.3, -0.25) is 9.58 Å². The van der Waals surface area contributed by atoms with Crippen molar-refractivity contribution < 1.29 is 0 Å². The number of piperidine rings is 2. The summed E-state index contributed by atoms with van der Waals surface area (Å²) in [5.41, 5.74) is 2.09. The molecule has 2 fully saturated rings. The molecule has 0 aromatic carbocycles. The molecule has 2 aliphatic heterocycles. The summed E-state index contributed by atoms with van der Waals surface area (Å²) in [5.74, 6) is 0.815. The van der Waals surface area contributed by atoms with Crippen molar-refractivity contribution in [2.45, 2.75) is 38.8 Å². The first kappa shape index (κ1) is 13.4. The Labute approximate surface area is 120 Å². The van der Waals surface area contributed by atoms with Crippen LogP contribution in [0, 0.1) is 12.8 Å². The van der Waals surface area contributed by atoms with E-state index in [0.717, 1.165) is 41.5 Å². The maximum atomic E-state index is 6.35. The topological polar surface area (TPSA) is 33.1 Å². The summed E-state index contributed by atoms with van der Waals surface area (Å²) in [5, 5.41) is 8.90. The highest BCUT2D eigenvalue weighted by molar-refractivity contribution is 6.31. The number of likely N-dealkylation sites (tertiary alicyclic amines) is 1. The number of rotatable bonds is 2. The van der Waals surface area contributed by atoms with Crippen molar-refractivity contribution >= 4 is 11.6 Å². The van der Waals surface area contributed by atoms with Crippen molar-refractivity contribution in [2.24, 2.45) is 13.0 Å². The molecule has 3 rings (SSSR count). The van der Waals surface area contributed by atoms with E-state index in [1.165, 1.54) is 32.4 Å². The maximum absolute atomic E-state index is 6.35. The van der Waals surface area contributed by atoms with Crippen molar-refractivity contribution in [1.82, 2.24) is 20.0 Å². The van der Waals surface area contributed by atoms with Crippen LogP contribution in [0.3, 0.4) is 0 Å². The number of nitrogens with zero attached hydrogens (tertiary/aromatic N) is 3. The van der Waals surface area contributed by atoms with Gasteiger partial charge >= 0.3 is 0 Å². The summed E-state index contributed by atoms with van der Waals surface area (Å²) < 4.78 is 1.93. The summed E-state index contributed by atoms with van der Waals surface area (Å²) in [6, 6.07) is 0.744. The van der Waals surface area contributed by atoms with Crippen LogP contribution >= 0.6 is 11.6 Å². The Morgan fingerprint density at radius 1 is 1.42 bits per heavy atom. The number of aromatic nitrogens is 2. The quantitative estimate of drug-likeness (QED) is 0.900. The zero-order valence-electron chi connectivity index (χ0n) is 11.8. The van der Waals surface area contributed by atoms with Crippen LogP contribution in [0.1, 0.15) is 30.7 Å². The fourth-order valence-electron chi connectivity index (χ4n) is 3.53. The van der Waals surface area contributed by atoms with E-state index in [0.29, 0.717) is 0 Å². The van der Waals surface area contributed by atoms with Gasteiger partial charge in [0.1, 0.15) is 0 Å². The fraction of sp³-hybridized carbons (Fsp3) is 0.786. The molecule has 1 N–H and O–H groups in total. The predicted octanol–water partition coefficient (Wildman–Crippen LogP) is 1.96. The van der Waals surface area contributed by atoms with Crippen molar-refractivity contribution in [2.75, 3.05) is 19.6 Å². The van der Waals surface area contributed by atoms with Gasteiger partial charge in [0, 0.05) is 32.7 Å². The Morgan fingerprint density at radius 2 is 2.26 bits per heavy atom. The predicted molar refractivity (Wildman–Crippen MR) is 77.4 cm³/mol. The van der Waals surface area contributed by atoms with Crippen LogP contribution in [0.5, 0.6) is 0 Å². The SMILES string of the molecule is Cc1nn(C)c(CN2CCC3NCCCC3C2)c1Cl. The standard InChI is InChI=1S/C14H23ClN4/c1-10-14(15)13(18(2)17-10)9-19-7-5-12-11(8-19)4-3-6-16-12/h11-12,16H,3-9H2,1-2H3. The van der Waals surface area contributed by atoms with Crippen LogP contribution in [0.2, 0.25) is 5.02 Å². The first-order valence-electron chi connectivity index (χ1n) is 7.29. The van der Waals surface area contributed by atoms with E-state index < -0.39 is 0 Å². The number of hydrogen-bond donors (Lipinski definition) is 1. The molecule has 2 atom stereocenters. The van der Waals surface area contributed by atoms with E-state index >= 15 is 0 Å². The molecule has 19 heavy (non-hydrogen) atoms. The molecule has 1 aromatic heterocycles. The first-order chi connectivity index (χ1) is 9.15. The van der Waals surface area contributed by atoms with Crippen LogP contribution < -0.4 is 5.32 Å². The smallest absolute Gasteiger partial charge is 0.0860 e. The number of fused-ring (bicyclic) bond motifs is 1. The summed E-state index contributed by atoms with van der Waals surface area (Å²) in [6.45, 7) is 6.46. The summed E-state index contributed by atoms with van der Waals surface area (Å²) in [7, 11) is 1.99. The average molecular weight is 283 g/mol. The molecule has 1 aromatic rings. The third-order valence-electron chi connectivity index (χ3n) is 4.61. The Kier molecular flexibility index (Phi) is 3.83. The highest BCUT2D eigenvalue weighted by Gasteiger charge is 2.31. The van der Waals surface area contributed by atoms with E-state index in [-0.39, 0.29) is 0 Å². The minimum atomic E-state index is 0.744. The van der Waals surface area contributed by atoms with Gasteiger partial charge in [-0.25, -0.2) is 0 Å². The van der Waals surface area contributed by atoms with Crippen molar-refractivity contribution in [3.8, 4) is 0 Å². The highest BCUT2D eigenvalue weighted by atomic mass is 35.5. The van der Waals surface area contributed by atoms with Crippen LogP contribution in [0.15, 0.2) is 0 Å². The van der Waals surface area contributed by atoms with Gasteiger partial charge in [-0.1, -0.05) is 11.6 Å². The van der Waals surface area contributed by atoms with Crippen LogP contribution in [0.4, 0.5) is 0 Å². The summed E-state index contributed by atoms with van der Waals surface area (Å²) >= 11 is 6.35. The van der Waals surface area contributed by atoms with Gasteiger partial charge < -0.3 is 5.32 Å². The molecule has 3 heterocycles. The molecule has 2 unspecified atom stereocenters. The van der Waals surface area contributed by atoms with Crippen molar-refractivity contribution in [3.05, 3.63) is 16.4 Å². The molecule has 0 aliphatic carbocycles. The highest BCUT2D eigenvalue weighted by Crippen LogP contribution is 2.27. The fourth-order valence-corrected chi connectivity index (χ4v) is 3.75. The van der Waals surface area contributed by atoms with Crippen LogP contribution in [-0.2, 0) is 13.6 Å². The van der Waals surface area contributed by atoms with E-state index in [1.54, 1.807) is 0 Å². The van der Waals surface area contributed by atoms with Crippen LogP contribution in [-0.4, -0.2) is 40.4 Å².